The Kier molecular flexibility index (Phi) is 5.80. The number of hydrogen-bond acceptors (Lipinski definition) is 2. The van der Waals surface area contributed by atoms with Crippen molar-refractivity contribution < 1.29 is 4.79 Å². The van der Waals surface area contributed by atoms with Crippen molar-refractivity contribution in [1.82, 2.24) is 4.90 Å². The Bertz CT molecular complexity index is 465. The molecule has 0 atom stereocenters. The summed E-state index contributed by atoms with van der Waals surface area (Å²) in [4.78, 5) is 14.6. The normalized spacial score (nSPS) is 16.5. The maximum Gasteiger partial charge on any atom is 0.225 e. The van der Waals surface area contributed by atoms with Crippen LogP contribution in [-0.4, -0.2) is 30.4 Å². The topological polar surface area (TPSA) is 32.3 Å². The summed E-state index contributed by atoms with van der Waals surface area (Å²) in [6.45, 7) is 9.39. The maximum atomic E-state index is 12.2. The fourth-order valence-corrected chi connectivity index (χ4v) is 3.20. The van der Waals surface area contributed by atoms with Gasteiger partial charge in [-0.3, -0.25) is 4.79 Å². The van der Waals surface area contributed by atoms with E-state index in [1.807, 2.05) is 0 Å². The van der Waals surface area contributed by atoms with Crippen LogP contribution >= 0.6 is 0 Å². The summed E-state index contributed by atoms with van der Waals surface area (Å²) < 4.78 is 0. The number of hydrogen-bond donors (Lipinski definition) is 1. The van der Waals surface area contributed by atoms with Gasteiger partial charge in [0.25, 0.3) is 0 Å². The lowest BCUT2D eigenvalue weighted by molar-refractivity contribution is -0.116. The number of carbonyl (C=O) groups is 1. The van der Waals surface area contributed by atoms with Crippen molar-refractivity contribution >= 4 is 11.6 Å². The van der Waals surface area contributed by atoms with Crippen molar-refractivity contribution in [3.8, 4) is 0 Å². The molecule has 3 nitrogen and oxygen atoms in total. The van der Waals surface area contributed by atoms with Gasteiger partial charge in [0.15, 0.2) is 0 Å². The van der Waals surface area contributed by atoms with Crippen LogP contribution in [0.5, 0.6) is 0 Å². The van der Waals surface area contributed by atoms with Gasteiger partial charge in [-0.1, -0.05) is 30.5 Å². The quantitative estimate of drug-likeness (QED) is 0.913. The molecule has 1 aliphatic heterocycles. The van der Waals surface area contributed by atoms with Crippen molar-refractivity contribution in [3.05, 3.63) is 28.8 Å². The SMILES string of the molecule is Cc1cc(C)c(NC(=O)CCN2CCCCCC2)c(C)c1. The molecular weight excluding hydrogens is 260 g/mol. The van der Waals surface area contributed by atoms with Gasteiger partial charge in [0.2, 0.25) is 5.91 Å². The number of amides is 1. The molecule has 116 valence electrons. The Labute approximate surface area is 128 Å². The van der Waals surface area contributed by atoms with Crippen molar-refractivity contribution in [2.24, 2.45) is 0 Å². The van der Waals surface area contributed by atoms with Crippen LogP contribution in [0.3, 0.4) is 0 Å². The first kappa shape index (κ1) is 16.0. The van der Waals surface area contributed by atoms with E-state index in [1.54, 1.807) is 0 Å². The summed E-state index contributed by atoms with van der Waals surface area (Å²) in [6, 6.07) is 4.24. The molecule has 3 heteroatoms. The van der Waals surface area contributed by atoms with E-state index >= 15 is 0 Å². The molecule has 0 unspecified atom stereocenters. The Morgan fingerprint density at radius 1 is 1.05 bits per heavy atom. The van der Waals surface area contributed by atoms with E-state index in [9.17, 15) is 4.79 Å². The fraction of sp³-hybridized carbons (Fsp3) is 0.611. The van der Waals surface area contributed by atoms with Crippen LogP contribution in [-0.2, 0) is 4.79 Å². The number of nitrogens with one attached hydrogen (secondary N) is 1. The van der Waals surface area contributed by atoms with Gasteiger partial charge in [-0.05, 0) is 57.8 Å². The van der Waals surface area contributed by atoms with E-state index in [1.165, 1.54) is 31.2 Å². The van der Waals surface area contributed by atoms with E-state index in [0.717, 1.165) is 36.4 Å². The first-order valence-electron chi connectivity index (χ1n) is 8.16. The molecule has 1 N–H and O–H groups in total. The Morgan fingerprint density at radius 2 is 1.62 bits per heavy atom. The molecule has 2 rings (SSSR count). The number of nitrogens with zero attached hydrogens (tertiary/aromatic N) is 1. The molecule has 0 bridgehead atoms. The van der Waals surface area contributed by atoms with Crippen LogP contribution < -0.4 is 5.32 Å². The van der Waals surface area contributed by atoms with Crippen LogP contribution in [0.15, 0.2) is 12.1 Å². The van der Waals surface area contributed by atoms with Gasteiger partial charge in [0.1, 0.15) is 0 Å². The molecule has 0 spiro atoms. The van der Waals surface area contributed by atoms with Crippen LogP contribution in [0.4, 0.5) is 5.69 Å². The summed E-state index contributed by atoms with van der Waals surface area (Å²) in [7, 11) is 0. The standard InChI is InChI=1S/C18H28N2O/c1-14-12-15(2)18(16(3)13-14)19-17(21)8-11-20-9-6-4-5-7-10-20/h12-13H,4-11H2,1-3H3,(H,19,21). The summed E-state index contributed by atoms with van der Waals surface area (Å²) in [5.41, 5.74) is 4.53. The molecule has 0 radical (unpaired) electrons. The molecule has 1 saturated heterocycles. The van der Waals surface area contributed by atoms with Crippen molar-refractivity contribution in [2.45, 2.75) is 52.9 Å². The highest BCUT2D eigenvalue weighted by Crippen LogP contribution is 2.22. The first-order chi connectivity index (χ1) is 10.1. The van der Waals surface area contributed by atoms with Gasteiger partial charge in [-0.15, -0.1) is 0 Å². The minimum Gasteiger partial charge on any atom is -0.326 e. The third-order valence-electron chi connectivity index (χ3n) is 4.30. The number of benzene rings is 1. The van der Waals surface area contributed by atoms with E-state index in [2.05, 4.69) is 43.1 Å². The van der Waals surface area contributed by atoms with E-state index in [4.69, 9.17) is 0 Å². The number of aryl methyl sites for hydroxylation is 3. The van der Waals surface area contributed by atoms with Gasteiger partial charge in [-0.25, -0.2) is 0 Å². The van der Waals surface area contributed by atoms with Crippen molar-refractivity contribution in [1.29, 1.82) is 0 Å². The predicted molar refractivity (Wildman–Crippen MR) is 88.8 cm³/mol. The highest BCUT2D eigenvalue weighted by atomic mass is 16.1. The second-order valence-corrected chi connectivity index (χ2v) is 6.33. The lowest BCUT2D eigenvalue weighted by atomic mass is 10.0. The van der Waals surface area contributed by atoms with Crippen LogP contribution in [0, 0.1) is 20.8 Å². The highest BCUT2D eigenvalue weighted by molar-refractivity contribution is 5.92. The van der Waals surface area contributed by atoms with Gasteiger partial charge in [0.05, 0.1) is 0 Å². The van der Waals surface area contributed by atoms with Crippen LogP contribution in [0.1, 0.15) is 48.8 Å². The molecule has 0 aliphatic carbocycles. The lowest BCUT2D eigenvalue weighted by Crippen LogP contribution is -2.29. The molecule has 1 fully saturated rings. The van der Waals surface area contributed by atoms with E-state index in [-0.39, 0.29) is 5.91 Å². The molecule has 0 aromatic heterocycles. The highest BCUT2D eigenvalue weighted by Gasteiger charge is 2.12. The Morgan fingerprint density at radius 3 is 2.19 bits per heavy atom. The van der Waals surface area contributed by atoms with Gasteiger partial charge >= 0.3 is 0 Å². The molecule has 1 aromatic rings. The van der Waals surface area contributed by atoms with E-state index < -0.39 is 0 Å². The Hall–Kier alpha value is -1.35. The smallest absolute Gasteiger partial charge is 0.225 e. The zero-order chi connectivity index (χ0) is 15.2. The minimum absolute atomic E-state index is 0.134. The number of anilines is 1. The zero-order valence-corrected chi connectivity index (χ0v) is 13.7. The van der Waals surface area contributed by atoms with E-state index in [0.29, 0.717) is 6.42 Å². The minimum atomic E-state index is 0.134. The summed E-state index contributed by atoms with van der Waals surface area (Å²) in [5.74, 6) is 0.134. The van der Waals surface area contributed by atoms with Crippen LogP contribution in [0.25, 0.3) is 0 Å². The van der Waals surface area contributed by atoms with Gasteiger partial charge < -0.3 is 10.2 Å². The van der Waals surface area contributed by atoms with Crippen molar-refractivity contribution in [2.75, 3.05) is 25.0 Å². The molecule has 0 saturated carbocycles. The molecule has 1 heterocycles. The Balaban J connectivity index is 1.87. The average Bonchev–Trinajstić information content (AvgIpc) is 2.69. The molecule has 1 aromatic carbocycles. The second-order valence-electron chi connectivity index (χ2n) is 6.33. The van der Waals surface area contributed by atoms with Gasteiger partial charge in [0, 0.05) is 18.7 Å². The third kappa shape index (κ3) is 4.85. The zero-order valence-electron chi connectivity index (χ0n) is 13.7. The third-order valence-corrected chi connectivity index (χ3v) is 4.30. The average molecular weight is 288 g/mol. The van der Waals surface area contributed by atoms with Gasteiger partial charge in [-0.2, -0.15) is 0 Å². The number of carbonyl (C=O) groups excluding carboxylic acids is 1. The monoisotopic (exact) mass is 288 g/mol. The first-order valence-corrected chi connectivity index (χ1v) is 8.16. The molecule has 1 amide bonds. The maximum absolute atomic E-state index is 12.2. The van der Waals surface area contributed by atoms with Crippen LogP contribution in [0.2, 0.25) is 0 Å². The summed E-state index contributed by atoms with van der Waals surface area (Å²) in [5, 5.41) is 3.10. The largest absolute Gasteiger partial charge is 0.326 e. The number of rotatable bonds is 4. The molecule has 1 aliphatic rings. The van der Waals surface area contributed by atoms with Crippen molar-refractivity contribution in [3.63, 3.8) is 0 Å². The summed E-state index contributed by atoms with van der Waals surface area (Å²) in [6.07, 6.45) is 5.82. The summed E-state index contributed by atoms with van der Waals surface area (Å²) >= 11 is 0. The predicted octanol–water partition coefficient (Wildman–Crippen LogP) is 3.82. The fourth-order valence-electron chi connectivity index (χ4n) is 3.20. The molecular formula is C18H28N2O. The second kappa shape index (κ2) is 7.60. The lowest BCUT2D eigenvalue weighted by Gasteiger charge is -2.19. The molecule has 21 heavy (non-hydrogen) atoms. The number of likely N-dealkylation sites (tertiary alicyclic amines) is 1.